The number of hydrogen-bond donors (Lipinski definition) is 1. The molecule has 0 aromatic heterocycles. The molecule has 182 valence electrons. The highest BCUT2D eigenvalue weighted by Crippen LogP contribution is 2.61. The summed E-state index contributed by atoms with van der Waals surface area (Å²) in [5.74, 6) is -1.90. The molecule has 7 heteroatoms. The van der Waals surface area contributed by atoms with Gasteiger partial charge in [-0.2, -0.15) is 0 Å². The van der Waals surface area contributed by atoms with Crippen LogP contribution in [0.25, 0.3) is 0 Å². The van der Waals surface area contributed by atoms with Crippen LogP contribution >= 0.6 is 0 Å². The van der Waals surface area contributed by atoms with Gasteiger partial charge in [0.15, 0.2) is 5.78 Å². The van der Waals surface area contributed by atoms with Crippen molar-refractivity contribution in [2.45, 2.75) is 56.5 Å². The third-order valence-corrected chi connectivity index (χ3v) is 8.92. The van der Waals surface area contributed by atoms with Crippen molar-refractivity contribution < 1.29 is 28.7 Å². The van der Waals surface area contributed by atoms with E-state index in [1.807, 2.05) is 37.3 Å². The molecule has 2 aromatic carbocycles. The Morgan fingerprint density at radius 1 is 1.06 bits per heavy atom. The molecule has 3 fully saturated rings. The Morgan fingerprint density at radius 3 is 2.51 bits per heavy atom. The van der Waals surface area contributed by atoms with Crippen LogP contribution in [0.2, 0.25) is 0 Å². The second-order valence-corrected chi connectivity index (χ2v) is 10.5. The summed E-state index contributed by atoms with van der Waals surface area (Å²) in [6.45, 7) is 3.62. The molecule has 0 bridgehead atoms. The van der Waals surface area contributed by atoms with Gasteiger partial charge in [-0.05, 0) is 56.0 Å². The molecule has 2 heterocycles. The quantitative estimate of drug-likeness (QED) is 0.651. The molecule has 0 amide bonds. The van der Waals surface area contributed by atoms with Gasteiger partial charge in [0.2, 0.25) is 5.60 Å². The van der Waals surface area contributed by atoms with Gasteiger partial charge in [0.1, 0.15) is 17.5 Å². The number of benzene rings is 2. The number of hydroxylamine groups is 1. The number of para-hydroxylation sites is 1. The summed E-state index contributed by atoms with van der Waals surface area (Å²) in [6, 6.07) is 15.2. The van der Waals surface area contributed by atoms with Gasteiger partial charge in [-0.25, -0.2) is 14.2 Å². The molecular formula is C28H28FNO5. The molecule has 6 rings (SSSR count). The van der Waals surface area contributed by atoms with E-state index in [4.69, 9.17) is 9.57 Å². The summed E-state index contributed by atoms with van der Waals surface area (Å²) in [7, 11) is 0. The molecular weight excluding hydrogens is 449 g/mol. The molecule has 2 aliphatic heterocycles. The lowest BCUT2D eigenvalue weighted by molar-refractivity contribution is -0.169. The minimum absolute atomic E-state index is 0.174. The summed E-state index contributed by atoms with van der Waals surface area (Å²) < 4.78 is 21.0. The number of halogens is 1. The molecule has 35 heavy (non-hydrogen) atoms. The Balaban J connectivity index is 1.47. The summed E-state index contributed by atoms with van der Waals surface area (Å²) in [4.78, 5) is 33.4. The maximum Gasteiger partial charge on any atom is 0.342 e. The van der Waals surface area contributed by atoms with Gasteiger partial charge in [0.05, 0.1) is 17.1 Å². The molecule has 1 unspecified atom stereocenters. The SMILES string of the molecule is C[C@H]1CC[C@@H]2[C@@H](OC(=O)[C@]23CC(c2ccccc2F)N(c2ccccc2)O3)[C@]2(C)C(=O)C=C[C@@]12O. The number of fused-ring (bicyclic) bond motifs is 4. The molecule has 1 N–H and O–H groups in total. The predicted molar refractivity (Wildman–Crippen MR) is 125 cm³/mol. The highest BCUT2D eigenvalue weighted by atomic mass is 19.1. The van der Waals surface area contributed by atoms with Crippen molar-refractivity contribution in [3.63, 3.8) is 0 Å². The van der Waals surface area contributed by atoms with Crippen LogP contribution in [0.1, 0.15) is 44.7 Å². The van der Waals surface area contributed by atoms with E-state index < -0.39 is 40.7 Å². The van der Waals surface area contributed by atoms with E-state index in [9.17, 15) is 14.7 Å². The smallest absolute Gasteiger partial charge is 0.342 e. The van der Waals surface area contributed by atoms with Crippen LogP contribution in [0.15, 0.2) is 66.7 Å². The van der Waals surface area contributed by atoms with Crippen LogP contribution < -0.4 is 5.06 Å². The number of anilines is 1. The maximum absolute atomic E-state index is 15.0. The Labute approximate surface area is 203 Å². The third kappa shape index (κ3) is 2.82. The fraction of sp³-hybridized carbons (Fsp3) is 0.429. The van der Waals surface area contributed by atoms with Crippen molar-refractivity contribution in [3.05, 3.63) is 78.1 Å². The Bertz CT molecular complexity index is 1230. The van der Waals surface area contributed by atoms with E-state index >= 15 is 4.39 Å². The maximum atomic E-state index is 15.0. The number of ketones is 1. The highest BCUT2D eigenvalue weighted by Gasteiger charge is 2.74. The van der Waals surface area contributed by atoms with E-state index in [0.717, 1.165) is 0 Å². The molecule has 7 atom stereocenters. The third-order valence-electron chi connectivity index (χ3n) is 8.92. The molecule has 6 nitrogen and oxygen atoms in total. The van der Waals surface area contributed by atoms with E-state index in [2.05, 4.69) is 0 Å². The number of aliphatic hydroxyl groups is 1. The Morgan fingerprint density at radius 2 is 1.77 bits per heavy atom. The van der Waals surface area contributed by atoms with Gasteiger partial charge in [-0.15, -0.1) is 0 Å². The molecule has 1 spiro atoms. The Kier molecular flexibility index (Phi) is 4.80. The van der Waals surface area contributed by atoms with Crippen molar-refractivity contribution in [2.24, 2.45) is 17.3 Å². The minimum atomic E-state index is -1.42. The van der Waals surface area contributed by atoms with E-state index in [1.165, 1.54) is 12.1 Å². The number of carbonyl (C=O) groups is 2. The standard InChI is InChI=1S/C28H28FNO5/c1-17-12-13-20-24(26(2)23(31)14-15-28(17,26)33)34-25(32)27(20)16-22(19-10-6-7-11-21(19)29)30(35-27)18-8-4-3-5-9-18/h3-11,14-15,17,20,22,24,33H,12-13,16H2,1-2H3/t17-,20+,22?,24+,26-,27-,28+/m0/s1. The lowest BCUT2D eigenvalue weighted by Gasteiger charge is -2.43. The molecule has 0 radical (unpaired) electrons. The number of hydrogen-bond acceptors (Lipinski definition) is 6. The summed E-state index contributed by atoms with van der Waals surface area (Å²) >= 11 is 0. The average molecular weight is 478 g/mol. The van der Waals surface area contributed by atoms with Crippen LogP contribution in [0.5, 0.6) is 0 Å². The second kappa shape index (κ2) is 7.48. The largest absolute Gasteiger partial charge is 0.459 e. The van der Waals surface area contributed by atoms with Gasteiger partial charge in [-0.3, -0.25) is 9.63 Å². The number of esters is 1. The Hall–Kier alpha value is -3.03. The summed E-state index contributed by atoms with van der Waals surface area (Å²) in [6.07, 6.45) is 3.41. The second-order valence-electron chi connectivity index (χ2n) is 10.5. The van der Waals surface area contributed by atoms with Crippen LogP contribution in [-0.4, -0.2) is 34.2 Å². The van der Waals surface area contributed by atoms with Gasteiger partial charge >= 0.3 is 5.97 Å². The fourth-order valence-electron chi connectivity index (χ4n) is 6.81. The predicted octanol–water partition coefficient (Wildman–Crippen LogP) is 4.30. The van der Waals surface area contributed by atoms with Gasteiger partial charge in [0.25, 0.3) is 0 Å². The van der Waals surface area contributed by atoms with Crippen molar-refractivity contribution in [3.8, 4) is 0 Å². The first-order valence-corrected chi connectivity index (χ1v) is 12.2. The lowest BCUT2D eigenvalue weighted by Crippen LogP contribution is -2.57. The van der Waals surface area contributed by atoms with Gasteiger partial charge < -0.3 is 9.84 Å². The van der Waals surface area contributed by atoms with E-state index in [1.54, 1.807) is 36.3 Å². The first kappa shape index (κ1) is 22.4. The number of carbonyl (C=O) groups excluding carboxylic acids is 2. The molecule has 2 saturated heterocycles. The fourth-order valence-corrected chi connectivity index (χ4v) is 6.81. The van der Waals surface area contributed by atoms with E-state index in [0.29, 0.717) is 24.1 Å². The molecule has 2 aromatic rings. The summed E-state index contributed by atoms with van der Waals surface area (Å²) in [5, 5.41) is 13.3. The van der Waals surface area contributed by atoms with Gasteiger partial charge in [-0.1, -0.05) is 43.3 Å². The zero-order valence-corrected chi connectivity index (χ0v) is 19.7. The monoisotopic (exact) mass is 477 g/mol. The minimum Gasteiger partial charge on any atom is -0.459 e. The van der Waals surface area contributed by atoms with Crippen molar-refractivity contribution >= 4 is 17.4 Å². The molecule has 2 aliphatic carbocycles. The number of ether oxygens (including phenoxy) is 1. The van der Waals surface area contributed by atoms with Crippen LogP contribution in [0, 0.1) is 23.1 Å². The first-order chi connectivity index (χ1) is 16.7. The summed E-state index contributed by atoms with van der Waals surface area (Å²) in [5.41, 5.74) is -3.02. The van der Waals surface area contributed by atoms with Crippen LogP contribution in [0.3, 0.4) is 0 Å². The van der Waals surface area contributed by atoms with Crippen LogP contribution in [0.4, 0.5) is 10.1 Å². The van der Waals surface area contributed by atoms with E-state index in [-0.39, 0.29) is 23.9 Å². The zero-order valence-electron chi connectivity index (χ0n) is 19.7. The number of allylic oxidation sites excluding steroid dienone is 1. The van der Waals surface area contributed by atoms with Crippen molar-refractivity contribution in [1.82, 2.24) is 0 Å². The average Bonchev–Trinajstić information content (AvgIpc) is 3.45. The lowest BCUT2D eigenvalue weighted by atomic mass is 9.63. The number of rotatable bonds is 2. The first-order valence-electron chi connectivity index (χ1n) is 12.2. The topological polar surface area (TPSA) is 76.1 Å². The zero-order chi connectivity index (χ0) is 24.6. The molecule has 4 aliphatic rings. The highest BCUT2D eigenvalue weighted by molar-refractivity contribution is 6.00. The van der Waals surface area contributed by atoms with Gasteiger partial charge in [0, 0.05) is 17.9 Å². The van der Waals surface area contributed by atoms with Crippen molar-refractivity contribution in [1.29, 1.82) is 0 Å². The van der Waals surface area contributed by atoms with Crippen molar-refractivity contribution in [2.75, 3.05) is 5.06 Å². The van der Waals surface area contributed by atoms with Crippen LogP contribution in [-0.2, 0) is 19.2 Å². The molecule has 1 saturated carbocycles. The number of nitrogens with zero attached hydrogens (tertiary/aromatic N) is 1. The normalized spacial score (nSPS) is 40.1.